The molecule has 4 aromatic heterocycles. The van der Waals surface area contributed by atoms with Gasteiger partial charge in [-0.3, -0.25) is 14.3 Å². The van der Waals surface area contributed by atoms with Crippen molar-refractivity contribution in [1.29, 1.82) is 0 Å². The number of piperazine rings is 1. The quantitative estimate of drug-likeness (QED) is 0.276. The molecule has 0 aliphatic carbocycles. The van der Waals surface area contributed by atoms with Gasteiger partial charge in [0.1, 0.15) is 39.6 Å². The highest BCUT2D eigenvalue weighted by Gasteiger charge is 2.25. The summed E-state index contributed by atoms with van der Waals surface area (Å²) in [5, 5.41) is 4.51. The lowest BCUT2D eigenvalue weighted by atomic mass is 10.2. The lowest BCUT2D eigenvalue weighted by molar-refractivity contribution is 0.189. The lowest BCUT2D eigenvalue weighted by Crippen LogP contribution is -2.47. The van der Waals surface area contributed by atoms with Crippen LogP contribution in [-0.4, -0.2) is 79.0 Å². The minimum absolute atomic E-state index is 0.0127. The van der Waals surface area contributed by atoms with E-state index in [4.69, 9.17) is 14.9 Å². The van der Waals surface area contributed by atoms with Crippen molar-refractivity contribution in [2.45, 2.75) is 25.5 Å². The van der Waals surface area contributed by atoms with Crippen LogP contribution in [0.1, 0.15) is 12.8 Å². The fourth-order valence-electron chi connectivity index (χ4n) is 5.64. The molecule has 2 aliphatic heterocycles. The number of aromatic nitrogens is 4. The highest BCUT2D eigenvalue weighted by molar-refractivity contribution is 7.91. The second-order valence-corrected chi connectivity index (χ2v) is 13.2. The number of thiazole rings is 1. The molecule has 2 N–H and O–H groups in total. The van der Waals surface area contributed by atoms with Crippen molar-refractivity contribution >= 4 is 50.0 Å². The van der Waals surface area contributed by atoms with Crippen LogP contribution in [0, 0.1) is 5.82 Å². The van der Waals surface area contributed by atoms with Gasteiger partial charge in [-0.25, -0.2) is 4.39 Å². The Balaban J connectivity index is 0.996. The fraction of sp³-hybridized carbons (Fsp3) is 0.393. The first-order chi connectivity index (χ1) is 20.4. The van der Waals surface area contributed by atoms with Crippen LogP contribution in [0.25, 0.3) is 27.3 Å². The number of hydrogen-bond acceptors (Lipinski definition) is 10. The first kappa shape index (κ1) is 27.3. The number of nitrogens with zero attached hydrogens (tertiary/aromatic N) is 6. The van der Waals surface area contributed by atoms with Gasteiger partial charge in [-0.1, -0.05) is 22.5 Å². The van der Waals surface area contributed by atoms with E-state index >= 15 is 4.39 Å². The number of nitrogen functional groups attached to an aromatic ring is 1. The van der Waals surface area contributed by atoms with Crippen LogP contribution in [0.2, 0.25) is 0 Å². The highest BCUT2D eigenvalue weighted by Crippen LogP contribution is 2.29. The van der Waals surface area contributed by atoms with Crippen LogP contribution in [0.5, 0.6) is 5.75 Å². The molecule has 42 heavy (non-hydrogen) atoms. The molecule has 0 atom stereocenters. The third-order valence-corrected chi connectivity index (χ3v) is 10.3. The topological polar surface area (TPSA) is 130 Å². The van der Waals surface area contributed by atoms with E-state index < -0.39 is 11.2 Å². The second kappa shape index (κ2) is 11.2. The zero-order valence-electron chi connectivity index (χ0n) is 22.8. The largest absolute Gasteiger partial charge is 0.616 e. The van der Waals surface area contributed by atoms with Gasteiger partial charge in [-0.2, -0.15) is 14.6 Å². The number of furan rings is 1. The molecular weight excluding hydrogens is 581 g/mol. The summed E-state index contributed by atoms with van der Waals surface area (Å²) < 4.78 is 42.0. The van der Waals surface area contributed by atoms with Crippen LogP contribution in [0.4, 0.5) is 16.0 Å². The van der Waals surface area contributed by atoms with Crippen molar-refractivity contribution < 1.29 is 18.1 Å². The molecular formula is C28H30FN7O4S2. The molecule has 2 fully saturated rings. The number of nitrogens with two attached hydrogens (primary N) is 1. The van der Waals surface area contributed by atoms with E-state index in [2.05, 4.69) is 15.0 Å². The Bertz CT molecular complexity index is 1770. The zero-order chi connectivity index (χ0) is 28.8. The molecule has 220 valence electrons. The molecule has 2 saturated heterocycles. The first-order valence-electron chi connectivity index (χ1n) is 13.9. The summed E-state index contributed by atoms with van der Waals surface area (Å²) in [5.41, 5.74) is 8.67. The summed E-state index contributed by atoms with van der Waals surface area (Å²) in [6.07, 6.45) is 3.03. The lowest BCUT2D eigenvalue weighted by Gasteiger charge is -2.36. The Morgan fingerprint density at radius 2 is 1.95 bits per heavy atom. The molecule has 0 bridgehead atoms. The van der Waals surface area contributed by atoms with Crippen molar-refractivity contribution in [3.8, 4) is 17.2 Å². The van der Waals surface area contributed by atoms with Crippen molar-refractivity contribution in [3.63, 3.8) is 0 Å². The number of ether oxygens (including phenoxy) is 1. The van der Waals surface area contributed by atoms with Gasteiger partial charge < -0.3 is 24.3 Å². The standard InChI is InChI=1S/C28H30FN7O4S2/c29-20-16-19(40-18-5-14-42(38)15-6-18)3-4-22(20)34-10-7-33(8-11-34)9-12-35-26-25(41-28(35)37)23-17-21(24-2-1-13-39-24)32-36(23)27(30)31-26/h1-4,13,16-18H,5-12,14-15H2,(H2,30,31)/t18-,42+. The number of fused-ring (bicyclic) bond motifs is 3. The summed E-state index contributed by atoms with van der Waals surface area (Å²) in [7, 11) is 0. The smallest absolute Gasteiger partial charge is 0.309 e. The molecule has 14 heteroatoms. The summed E-state index contributed by atoms with van der Waals surface area (Å²) in [5.74, 6) is 2.30. The molecule has 0 spiro atoms. The number of rotatable bonds is 7. The Morgan fingerprint density at radius 3 is 2.69 bits per heavy atom. The maximum Gasteiger partial charge on any atom is 0.309 e. The van der Waals surface area contributed by atoms with Crippen molar-refractivity contribution in [2.24, 2.45) is 0 Å². The van der Waals surface area contributed by atoms with E-state index in [-0.39, 0.29) is 22.7 Å². The SMILES string of the molecule is Nc1nc2c(sc(=O)n2CCN2CCN(c3ccc(O[C@H]4CC[S@@+]([O-])CC4)cc3F)CC2)c2cc(-c3ccco3)nn12. The summed E-state index contributed by atoms with van der Waals surface area (Å²) in [4.78, 5) is 21.7. The van der Waals surface area contributed by atoms with Crippen molar-refractivity contribution in [1.82, 2.24) is 24.1 Å². The Morgan fingerprint density at radius 1 is 1.14 bits per heavy atom. The van der Waals surface area contributed by atoms with E-state index in [9.17, 15) is 9.35 Å². The van der Waals surface area contributed by atoms with Gasteiger partial charge in [-0.15, -0.1) is 0 Å². The monoisotopic (exact) mass is 611 g/mol. The average molecular weight is 612 g/mol. The third-order valence-electron chi connectivity index (χ3n) is 7.93. The van der Waals surface area contributed by atoms with Gasteiger partial charge >= 0.3 is 4.87 Å². The number of anilines is 2. The van der Waals surface area contributed by atoms with Crippen LogP contribution in [-0.2, 0) is 17.7 Å². The van der Waals surface area contributed by atoms with Crippen molar-refractivity contribution in [2.75, 3.05) is 54.9 Å². The number of halogens is 1. The van der Waals surface area contributed by atoms with Crippen LogP contribution in [0.15, 0.2) is 51.9 Å². The maximum absolute atomic E-state index is 15.1. The minimum Gasteiger partial charge on any atom is -0.616 e. The average Bonchev–Trinajstić information content (AvgIpc) is 3.73. The fourth-order valence-corrected chi connectivity index (χ4v) is 7.86. The molecule has 7 rings (SSSR count). The molecule has 2 aliphatic rings. The molecule has 0 unspecified atom stereocenters. The zero-order valence-corrected chi connectivity index (χ0v) is 24.4. The normalized spacial score (nSPS) is 20.1. The predicted molar refractivity (Wildman–Crippen MR) is 161 cm³/mol. The van der Waals surface area contributed by atoms with Crippen molar-refractivity contribution in [3.05, 3.63) is 58.1 Å². The molecule has 11 nitrogen and oxygen atoms in total. The van der Waals surface area contributed by atoms with E-state index in [0.717, 1.165) is 42.0 Å². The van der Waals surface area contributed by atoms with Gasteiger partial charge in [0.2, 0.25) is 5.95 Å². The molecule has 6 heterocycles. The van der Waals surface area contributed by atoms with E-state index in [1.54, 1.807) is 23.0 Å². The van der Waals surface area contributed by atoms with Gasteiger partial charge in [0.05, 0.1) is 17.5 Å². The summed E-state index contributed by atoms with van der Waals surface area (Å²) in [6, 6.07) is 10.5. The second-order valence-electron chi connectivity index (χ2n) is 10.6. The van der Waals surface area contributed by atoms with Crippen LogP contribution >= 0.6 is 11.3 Å². The molecule has 0 radical (unpaired) electrons. The number of benzene rings is 1. The predicted octanol–water partition coefficient (Wildman–Crippen LogP) is 3.20. The van der Waals surface area contributed by atoms with E-state index in [0.29, 0.717) is 71.7 Å². The van der Waals surface area contributed by atoms with Crippen LogP contribution in [0.3, 0.4) is 0 Å². The van der Waals surface area contributed by atoms with Gasteiger partial charge in [0.15, 0.2) is 11.4 Å². The third kappa shape index (κ3) is 5.23. The van der Waals surface area contributed by atoms with E-state index in [1.165, 1.54) is 10.6 Å². The maximum atomic E-state index is 15.1. The summed E-state index contributed by atoms with van der Waals surface area (Å²) in [6.45, 7) is 3.94. The van der Waals surface area contributed by atoms with Gasteiger partial charge in [0, 0.05) is 58.2 Å². The van der Waals surface area contributed by atoms with Gasteiger partial charge in [-0.05, 0) is 30.3 Å². The highest BCUT2D eigenvalue weighted by atomic mass is 32.2. The van der Waals surface area contributed by atoms with Crippen LogP contribution < -0.4 is 20.2 Å². The first-order valence-corrected chi connectivity index (χ1v) is 16.2. The number of hydrogen-bond donors (Lipinski definition) is 1. The Labute approximate surface area is 247 Å². The summed E-state index contributed by atoms with van der Waals surface area (Å²) >= 11 is 0.374. The Kier molecular flexibility index (Phi) is 7.30. The van der Waals surface area contributed by atoms with E-state index in [1.807, 2.05) is 23.1 Å². The van der Waals surface area contributed by atoms with Gasteiger partial charge in [0.25, 0.3) is 0 Å². The molecule has 1 aromatic carbocycles. The molecule has 0 saturated carbocycles. The minimum atomic E-state index is -0.757. The molecule has 0 amide bonds. The molecule has 5 aromatic rings. The Hall–Kier alpha value is -3.59.